The van der Waals surface area contributed by atoms with Crippen LogP contribution in [0.1, 0.15) is 50.5 Å². The van der Waals surface area contributed by atoms with E-state index in [2.05, 4.69) is 26.9 Å². The van der Waals surface area contributed by atoms with Gasteiger partial charge in [-0.3, -0.25) is 14.5 Å². The van der Waals surface area contributed by atoms with Crippen molar-refractivity contribution in [3.8, 4) is 0 Å². The third-order valence-corrected chi connectivity index (χ3v) is 10.3. The van der Waals surface area contributed by atoms with Crippen molar-refractivity contribution in [3.63, 3.8) is 0 Å². The van der Waals surface area contributed by atoms with Crippen molar-refractivity contribution < 1.29 is 18.0 Å². The minimum Gasteiger partial charge on any atom is -0.350 e. The van der Waals surface area contributed by atoms with Crippen LogP contribution in [0.2, 0.25) is 0 Å². The van der Waals surface area contributed by atoms with Gasteiger partial charge in [-0.1, -0.05) is 30.5 Å². The summed E-state index contributed by atoms with van der Waals surface area (Å²) in [5.74, 6) is -0.101. The molecular formula is C27H41N5O4S. The maximum absolute atomic E-state index is 13.6. The number of hydrogen-bond donors (Lipinski definition) is 2. The Bertz CT molecular complexity index is 1100. The van der Waals surface area contributed by atoms with Crippen LogP contribution in [0.15, 0.2) is 29.2 Å². The summed E-state index contributed by atoms with van der Waals surface area (Å²) in [6.45, 7) is 6.56. The van der Waals surface area contributed by atoms with Gasteiger partial charge in [0.2, 0.25) is 21.8 Å². The molecule has 0 aromatic heterocycles. The Balaban J connectivity index is 1.24. The van der Waals surface area contributed by atoms with Gasteiger partial charge in [-0.2, -0.15) is 0 Å². The number of benzene rings is 1. The average molecular weight is 532 g/mol. The molecule has 4 fully saturated rings. The maximum Gasteiger partial charge on any atom is 0.243 e. The second-order valence-corrected chi connectivity index (χ2v) is 13.5. The van der Waals surface area contributed by atoms with Gasteiger partial charge in [-0.25, -0.2) is 13.1 Å². The van der Waals surface area contributed by atoms with Crippen LogP contribution in [0, 0.1) is 12.3 Å². The summed E-state index contributed by atoms with van der Waals surface area (Å²) in [4.78, 5) is 33.4. The third kappa shape index (κ3) is 6.19. The van der Waals surface area contributed by atoms with E-state index in [1.807, 2.05) is 11.8 Å². The molecule has 2 N–H and O–H groups in total. The van der Waals surface area contributed by atoms with E-state index in [1.54, 1.807) is 24.3 Å². The van der Waals surface area contributed by atoms with Gasteiger partial charge in [0, 0.05) is 44.8 Å². The van der Waals surface area contributed by atoms with Crippen LogP contribution < -0.4 is 10.0 Å². The van der Waals surface area contributed by atoms with E-state index < -0.39 is 16.1 Å². The molecule has 2 heterocycles. The molecule has 3 atom stereocenters. The van der Waals surface area contributed by atoms with E-state index in [4.69, 9.17) is 0 Å². The monoisotopic (exact) mass is 531 g/mol. The highest BCUT2D eigenvalue weighted by Crippen LogP contribution is 2.54. The van der Waals surface area contributed by atoms with E-state index in [1.165, 1.54) is 0 Å². The number of aryl methyl sites for hydroxylation is 1. The molecule has 9 nitrogen and oxygen atoms in total. The molecule has 1 spiro atoms. The van der Waals surface area contributed by atoms with Gasteiger partial charge in [0.05, 0.1) is 11.4 Å². The summed E-state index contributed by atoms with van der Waals surface area (Å²) in [7, 11) is -1.60. The summed E-state index contributed by atoms with van der Waals surface area (Å²) in [6.07, 6.45) is 6.09. The Kier molecular flexibility index (Phi) is 7.64. The smallest absolute Gasteiger partial charge is 0.243 e. The Morgan fingerprint density at radius 3 is 2.30 bits per heavy atom. The van der Waals surface area contributed by atoms with Crippen LogP contribution in [0.4, 0.5) is 0 Å². The van der Waals surface area contributed by atoms with Gasteiger partial charge < -0.3 is 15.1 Å². The second kappa shape index (κ2) is 10.6. The predicted molar refractivity (Wildman–Crippen MR) is 141 cm³/mol. The molecule has 0 bridgehead atoms. The Hall–Kier alpha value is -2.01. The van der Waals surface area contributed by atoms with E-state index in [0.29, 0.717) is 25.9 Å². The fourth-order valence-corrected chi connectivity index (χ4v) is 7.40. The molecule has 2 saturated carbocycles. The van der Waals surface area contributed by atoms with Crippen LogP contribution in [-0.4, -0.2) is 99.4 Å². The first-order valence-electron chi connectivity index (χ1n) is 13.7. The predicted octanol–water partition coefficient (Wildman–Crippen LogP) is 1.33. The Morgan fingerprint density at radius 2 is 1.65 bits per heavy atom. The maximum atomic E-state index is 13.6. The summed E-state index contributed by atoms with van der Waals surface area (Å²) in [6, 6.07) is 5.68. The summed E-state index contributed by atoms with van der Waals surface area (Å²) in [5.41, 5.74) is 1.09. The van der Waals surface area contributed by atoms with Gasteiger partial charge in [0.15, 0.2) is 0 Å². The number of amides is 2. The van der Waals surface area contributed by atoms with Crippen molar-refractivity contribution in [1.82, 2.24) is 24.7 Å². The number of likely N-dealkylation sites (tertiary alicyclic amines) is 1. The van der Waals surface area contributed by atoms with Gasteiger partial charge >= 0.3 is 0 Å². The van der Waals surface area contributed by atoms with Gasteiger partial charge in [-0.05, 0) is 63.6 Å². The highest BCUT2D eigenvalue weighted by atomic mass is 32.2. The molecule has 2 aliphatic carbocycles. The van der Waals surface area contributed by atoms with Crippen LogP contribution in [-0.2, 0) is 19.6 Å². The van der Waals surface area contributed by atoms with E-state index >= 15 is 0 Å². The quantitative estimate of drug-likeness (QED) is 0.551. The largest absolute Gasteiger partial charge is 0.350 e. The number of sulfonamides is 1. The lowest BCUT2D eigenvalue weighted by molar-refractivity contribution is -0.140. The summed E-state index contributed by atoms with van der Waals surface area (Å²) < 4.78 is 29.0. The topological polar surface area (TPSA) is 102 Å². The molecule has 10 heteroatoms. The van der Waals surface area contributed by atoms with E-state index in [9.17, 15) is 18.0 Å². The zero-order chi connectivity index (χ0) is 26.2. The second-order valence-electron chi connectivity index (χ2n) is 11.8. The van der Waals surface area contributed by atoms with Gasteiger partial charge in [-0.15, -0.1) is 0 Å². The minimum absolute atomic E-state index is 0.0359. The van der Waals surface area contributed by atoms with Crippen molar-refractivity contribution in [3.05, 3.63) is 29.8 Å². The molecule has 1 aromatic carbocycles. The molecule has 5 rings (SSSR count). The molecule has 37 heavy (non-hydrogen) atoms. The molecule has 1 aromatic rings. The van der Waals surface area contributed by atoms with Crippen LogP contribution in [0.3, 0.4) is 0 Å². The van der Waals surface area contributed by atoms with Crippen molar-refractivity contribution in [2.24, 2.45) is 5.41 Å². The lowest BCUT2D eigenvalue weighted by Gasteiger charge is -2.35. The summed E-state index contributed by atoms with van der Waals surface area (Å²) >= 11 is 0. The fraction of sp³-hybridized carbons (Fsp3) is 0.704. The average Bonchev–Trinajstić information content (AvgIpc) is 3.51. The van der Waals surface area contributed by atoms with E-state index in [0.717, 1.165) is 63.8 Å². The number of hydrogen-bond acceptors (Lipinski definition) is 6. The molecule has 2 aliphatic heterocycles. The van der Waals surface area contributed by atoms with Crippen molar-refractivity contribution >= 4 is 21.8 Å². The first-order valence-corrected chi connectivity index (χ1v) is 15.2. The summed E-state index contributed by atoms with van der Waals surface area (Å²) in [5, 5.41) is 3.17. The van der Waals surface area contributed by atoms with Gasteiger partial charge in [0.25, 0.3) is 0 Å². The molecule has 4 aliphatic rings. The van der Waals surface area contributed by atoms with Gasteiger partial charge in [0.1, 0.15) is 6.04 Å². The van der Waals surface area contributed by atoms with Crippen molar-refractivity contribution in [1.29, 1.82) is 0 Å². The first-order chi connectivity index (χ1) is 17.6. The molecule has 2 saturated heterocycles. The molecule has 204 valence electrons. The molecular weight excluding hydrogens is 490 g/mol. The SMILES string of the molecule is Cc1ccc(S(=O)(=O)N[C@@H]2CCCC[C@H]2NC(=O)[C@H]2CC3(CC3)CN2C(=O)CN2CCN(C)CC2)cc1. The lowest BCUT2D eigenvalue weighted by atomic mass is 9.90. The number of nitrogens with zero attached hydrogens (tertiary/aromatic N) is 3. The minimum atomic E-state index is -3.69. The van der Waals surface area contributed by atoms with Crippen LogP contribution in [0.5, 0.6) is 0 Å². The third-order valence-electron chi connectivity index (χ3n) is 8.77. The Morgan fingerprint density at radius 1 is 1.00 bits per heavy atom. The van der Waals surface area contributed by atoms with Crippen molar-refractivity contribution in [2.45, 2.75) is 74.9 Å². The van der Waals surface area contributed by atoms with E-state index in [-0.39, 0.29) is 34.2 Å². The highest BCUT2D eigenvalue weighted by molar-refractivity contribution is 7.89. The fourth-order valence-electron chi connectivity index (χ4n) is 6.09. The first kappa shape index (κ1) is 26.6. The highest BCUT2D eigenvalue weighted by Gasteiger charge is 2.55. The normalized spacial score (nSPS) is 28.4. The zero-order valence-electron chi connectivity index (χ0n) is 22.1. The number of carbonyl (C=O) groups excluding carboxylic acids is 2. The number of likely N-dealkylation sites (N-methyl/N-ethyl adjacent to an activating group) is 1. The van der Waals surface area contributed by atoms with Crippen LogP contribution >= 0.6 is 0 Å². The number of rotatable bonds is 7. The standard InChI is InChI=1S/C27H41N5O4S/c1-20-7-9-21(10-8-20)37(35,36)29-23-6-4-3-5-22(23)28-26(34)24-17-27(11-12-27)19-32(24)25(33)18-31-15-13-30(2)14-16-31/h7-10,22-24,29H,3-6,11-19H2,1-2H3,(H,28,34)/t22-,23-,24-/m1/s1. The zero-order valence-corrected chi connectivity index (χ0v) is 22.9. The Labute approximate surface area is 221 Å². The lowest BCUT2D eigenvalue weighted by Crippen LogP contribution is -2.57. The molecule has 0 unspecified atom stereocenters. The number of piperazine rings is 1. The van der Waals surface area contributed by atoms with Crippen LogP contribution in [0.25, 0.3) is 0 Å². The number of carbonyl (C=O) groups is 2. The molecule has 2 amide bonds. The number of nitrogens with one attached hydrogen (secondary N) is 2. The molecule has 0 radical (unpaired) electrons. The van der Waals surface area contributed by atoms with Crippen molar-refractivity contribution in [2.75, 3.05) is 46.3 Å².